The Kier molecular flexibility index (Phi) is 4.23. The Labute approximate surface area is 157 Å². The minimum absolute atomic E-state index is 0.0363. The minimum atomic E-state index is -0.512. The van der Waals surface area contributed by atoms with E-state index in [-0.39, 0.29) is 11.7 Å². The molecular weight excluding hydrogens is 350 g/mol. The number of likely N-dealkylation sites (tertiary alicyclic amines) is 1. The number of amides is 1. The van der Waals surface area contributed by atoms with Gasteiger partial charge in [0, 0.05) is 36.5 Å². The van der Waals surface area contributed by atoms with Crippen molar-refractivity contribution in [2.24, 2.45) is 0 Å². The molecule has 2 aromatic rings. The van der Waals surface area contributed by atoms with Crippen molar-refractivity contribution >= 4 is 23.3 Å². The van der Waals surface area contributed by atoms with Crippen LogP contribution in [0, 0.1) is 6.92 Å². The highest BCUT2D eigenvalue weighted by Gasteiger charge is 2.43. The van der Waals surface area contributed by atoms with Gasteiger partial charge >= 0.3 is 0 Å². The van der Waals surface area contributed by atoms with E-state index in [2.05, 4.69) is 0 Å². The topological polar surface area (TPSA) is 46.6 Å². The Bertz CT molecular complexity index is 867. The molecule has 2 heterocycles. The number of fused-ring (bicyclic) bond motifs is 1. The summed E-state index contributed by atoms with van der Waals surface area (Å²) in [6.07, 6.45) is 1.64. The van der Waals surface area contributed by atoms with Crippen LogP contribution in [0.25, 0.3) is 0 Å². The molecule has 2 aliphatic rings. The highest BCUT2D eigenvalue weighted by molar-refractivity contribution is 6.31. The second-order valence-corrected chi connectivity index (χ2v) is 7.62. The Hall–Kier alpha value is -2.33. The summed E-state index contributed by atoms with van der Waals surface area (Å²) in [5.74, 6) is 0.699. The summed E-state index contributed by atoms with van der Waals surface area (Å²) in [6.45, 7) is 3.17. The molecule has 0 aromatic heterocycles. The first-order chi connectivity index (χ1) is 12.5. The van der Waals surface area contributed by atoms with Crippen molar-refractivity contribution < 1.29 is 14.3 Å². The summed E-state index contributed by atoms with van der Waals surface area (Å²) in [4.78, 5) is 27.1. The second-order valence-electron chi connectivity index (χ2n) is 7.18. The second kappa shape index (κ2) is 6.44. The average Bonchev–Trinajstić information content (AvgIpc) is 2.63. The molecule has 26 heavy (non-hydrogen) atoms. The lowest BCUT2D eigenvalue weighted by Gasteiger charge is -2.44. The van der Waals surface area contributed by atoms with Crippen LogP contribution in [0.5, 0.6) is 5.75 Å². The molecule has 1 saturated heterocycles. The molecule has 2 aliphatic heterocycles. The lowest BCUT2D eigenvalue weighted by atomic mass is 9.82. The molecule has 0 unspecified atom stereocenters. The van der Waals surface area contributed by atoms with E-state index in [0.29, 0.717) is 54.3 Å². The number of piperidine rings is 1. The standard InChI is InChI=1S/C21H20ClNO3/c1-14-2-4-15(5-3-14)20(25)23-10-8-21(9-11-23)13-18(24)17-12-16(22)6-7-19(17)26-21/h2-7,12H,8-11,13H2,1H3. The maximum Gasteiger partial charge on any atom is 0.253 e. The summed E-state index contributed by atoms with van der Waals surface area (Å²) in [7, 11) is 0. The van der Waals surface area contributed by atoms with Crippen LogP contribution in [-0.2, 0) is 0 Å². The molecule has 0 atom stereocenters. The number of benzene rings is 2. The molecule has 0 radical (unpaired) electrons. The predicted octanol–water partition coefficient (Wildman–Crippen LogP) is 4.29. The molecule has 0 aliphatic carbocycles. The van der Waals surface area contributed by atoms with Gasteiger partial charge in [-0.05, 0) is 37.3 Å². The van der Waals surface area contributed by atoms with Crippen LogP contribution in [0.4, 0.5) is 0 Å². The average molecular weight is 370 g/mol. The van der Waals surface area contributed by atoms with Crippen LogP contribution in [0.15, 0.2) is 42.5 Å². The fraction of sp³-hybridized carbons (Fsp3) is 0.333. The summed E-state index contributed by atoms with van der Waals surface area (Å²) in [5.41, 5.74) is 1.88. The zero-order valence-electron chi connectivity index (χ0n) is 14.6. The van der Waals surface area contributed by atoms with Gasteiger partial charge in [-0.3, -0.25) is 9.59 Å². The number of hydrogen-bond acceptors (Lipinski definition) is 3. The number of carbonyl (C=O) groups is 2. The SMILES string of the molecule is Cc1ccc(C(=O)N2CCC3(CC2)CC(=O)c2cc(Cl)ccc2O3)cc1. The molecule has 1 amide bonds. The fourth-order valence-electron chi connectivity index (χ4n) is 3.74. The molecule has 1 fully saturated rings. The number of halogens is 1. The normalized spacial score (nSPS) is 18.4. The largest absolute Gasteiger partial charge is 0.486 e. The van der Waals surface area contributed by atoms with Crippen molar-refractivity contribution in [3.63, 3.8) is 0 Å². The smallest absolute Gasteiger partial charge is 0.253 e. The highest BCUT2D eigenvalue weighted by atomic mass is 35.5. The molecule has 134 valence electrons. The molecule has 1 spiro atoms. The number of nitrogens with zero attached hydrogens (tertiary/aromatic N) is 1. The number of hydrogen-bond donors (Lipinski definition) is 0. The number of Topliss-reactive ketones (excluding diaryl/α,β-unsaturated/α-hetero) is 1. The predicted molar refractivity (Wildman–Crippen MR) is 100 cm³/mol. The Morgan fingerprint density at radius 1 is 1.12 bits per heavy atom. The Balaban J connectivity index is 1.48. The van der Waals surface area contributed by atoms with Crippen molar-refractivity contribution in [3.05, 3.63) is 64.2 Å². The van der Waals surface area contributed by atoms with Crippen LogP contribution in [0.3, 0.4) is 0 Å². The highest BCUT2D eigenvalue weighted by Crippen LogP contribution is 2.40. The van der Waals surface area contributed by atoms with Crippen molar-refractivity contribution in [1.82, 2.24) is 4.90 Å². The Morgan fingerprint density at radius 3 is 2.50 bits per heavy atom. The first-order valence-corrected chi connectivity index (χ1v) is 9.21. The lowest BCUT2D eigenvalue weighted by Crippen LogP contribution is -2.52. The molecule has 4 rings (SSSR count). The molecule has 2 aromatic carbocycles. The van der Waals surface area contributed by atoms with E-state index in [9.17, 15) is 9.59 Å². The quantitative estimate of drug-likeness (QED) is 0.753. The van der Waals surface area contributed by atoms with Gasteiger partial charge in [-0.25, -0.2) is 0 Å². The van der Waals surface area contributed by atoms with Crippen molar-refractivity contribution in [2.75, 3.05) is 13.1 Å². The number of aryl methyl sites for hydroxylation is 1. The summed E-state index contributed by atoms with van der Waals surface area (Å²) < 4.78 is 6.22. The molecule has 0 bridgehead atoms. The van der Waals surface area contributed by atoms with E-state index in [1.54, 1.807) is 18.2 Å². The van der Waals surface area contributed by atoms with E-state index in [1.807, 2.05) is 36.1 Å². The van der Waals surface area contributed by atoms with Crippen LogP contribution >= 0.6 is 11.6 Å². The molecule has 5 heteroatoms. The van der Waals surface area contributed by atoms with E-state index in [4.69, 9.17) is 16.3 Å². The van der Waals surface area contributed by atoms with Gasteiger partial charge in [0.25, 0.3) is 5.91 Å². The molecular formula is C21H20ClNO3. The monoisotopic (exact) mass is 369 g/mol. The van der Waals surface area contributed by atoms with E-state index in [0.717, 1.165) is 5.56 Å². The number of ether oxygens (including phenoxy) is 1. The first kappa shape index (κ1) is 17.1. The van der Waals surface area contributed by atoms with Crippen molar-refractivity contribution in [3.8, 4) is 5.75 Å². The van der Waals surface area contributed by atoms with Gasteiger partial charge in [-0.15, -0.1) is 0 Å². The van der Waals surface area contributed by atoms with Gasteiger partial charge in [0.2, 0.25) is 0 Å². The van der Waals surface area contributed by atoms with E-state index >= 15 is 0 Å². The maximum atomic E-state index is 12.7. The van der Waals surface area contributed by atoms with Gasteiger partial charge in [-0.1, -0.05) is 29.3 Å². The van der Waals surface area contributed by atoms with E-state index in [1.165, 1.54) is 0 Å². The van der Waals surface area contributed by atoms with E-state index < -0.39 is 5.60 Å². The lowest BCUT2D eigenvalue weighted by molar-refractivity contribution is -0.00570. The van der Waals surface area contributed by atoms with Gasteiger partial charge < -0.3 is 9.64 Å². The molecule has 0 N–H and O–H groups in total. The first-order valence-electron chi connectivity index (χ1n) is 8.84. The van der Waals surface area contributed by atoms with Gasteiger partial charge in [-0.2, -0.15) is 0 Å². The zero-order chi connectivity index (χ0) is 18.3. The van der Waals surface area contributed by atoms with Crippen molar-refractivity contribution in [2.45, 2.75) is 31.8 Å². The molecule has 4 nitrogen and oxygen atoms in total. The maximum absolute atomic E-state index is 12.7. The van der Waals surface area contributed by atoms with Crippen LogP contribution in [0.2, 0.25) is 5.02 Å². The third-order valence-electron chi connectivity index (χ3n) is 5.31. The van der Waals surface area contributed by atoms with Gasteiger partial charge in [0.05, 0.1) is 12.0 Å². The number of rotatable bonds is 1. The third-order valence-corrected chi connectivity index (χ3v) is 5.55. The minimum Gasteiger partial charge on any atom is -0.486 e. The van der Waals surface area contributed by atoms with Gasteiger partial charge in [0.15, 0.2) is 5.78 Å². The summed E-state index contributed by atoms with van der Waals surface area (Å²) in [6, 6.07) is 12.8. The number of ketones is 1. The van der Waals surface area contributed by atoms with Crippen molar-refractivity contribution in [1.29, 1.82) is 0 Å². The molecule has 0 saturated carbocycles. The van der Waals surface area contributed by atoms with Crippen LogP contribution in [-0.4, -0.2) is 35.3 Å². The van der Waals surface area contributed by atoms with Gasteiger partial charge in [0.1, 0.15) is 11.4 Å². The zero-order valence-corrected chi connectivity index (χ0v) is 15.4. The summed E-state index contributed by atoms with van der Waals surface area (Å²) in [5, 5.41) is 0.537. The number of carbonyl (C=O) groups excluding carboxylic acids is 2. The van der Waals surface area contributed by atoms with Crippen LogP contribution < -0.4 is 4.74 Å². The fourth-order valence-corrected chi connectivity index (χ4v) is 3.91. The third kappa shape index (κ3) is 3.10. The summed E-state index contributed by atoms with van der Waals surface area (Å²) >= 11 is 5.99. The van der Waals surface area contributed by atoms with Crippen LogP contribution in [0.1, 0.15) is 45.5 Å². The Morgan fingerprint density at radius 2 is 1.81 bits per heavy atom.